The average molecular weight is 388 g/mol. The van der Waals surface area contributed by atoms with Crippen molar-refractivity contribution in [1.82, 2.24) is 0 Å². The highest BCUT2D eigenvalue weighted by Crippen LogP contribution is 2.33. The van der Waals surface area contributed by atoms with Crippen molar-refractivity contribution in [3.63, 3.8) is 0 Å². The minimum atomic E-state index is -0.838. The average Bonchev–Trinajstić information content (AvgIpc) is 2.94. The van der Waals surface area contributed by atoms with Crippen LogP contribution in [0.5, 0.6) is 5.75 Å². The topological polar surface area (TPSA) is 104 Å². The van der Waals surface area contributed by atoms with E-state index in [1.807, 2.05) is 30.4 Å². The summed E-state index contributed by atoms with van der Waals surface area (Å²) < 4.78 is 5.49. The molecule has 1 unspecified atom stereocenters. The molecule has 1 fully saturated rings. The number of aliphatic hydroxyl groups excluding tert-OH is 2. The number of aliphatic hydroxyl groups is 2. The monoisotopic (exact) mass is 388 g/mol. The van der Waals surface area contributed by atoms with Gasteiger partial charge in [-0.15, -0.1) is 0 Å². The molecule has 1 aliphatic carbocycles. The molecule has 0 saturated heterocycles. The third-order valence-electron chi connectivity index (χ3n) is 4.77. The van der Waals surface area contributed by atoms with Crippen molar-refractivity contribution in [2.45, 2.75) is 44.3 Å². The summed E-state index contributed by atoms with van der Waals surface area (Å²) in [4.78, 5) is 22.7. The smallest absolute Gasteiger partial charge is 0.303 e. The summed E-state index contributed by atoms with van der Waals surface area (Å²) in [6.45, 7) is 0.0887. The largest absolute Gasteiger partial charge is 0.491 e. The number of carbonyl (C=O) groups excluding carboxylic acids is 1. The minimum Gasteiger partial charge on any atom is -0.491 e. The van der Waals surface area contributed by atoms with E-state index >= 15 is 0 Å². The molecule has 4 atom stereocenters. The van der Waals surface area contributed by atoms with Crippen molar-refractivity contribution in [2.24, 2.45) is 11.8 Å². The first-order chi connectivity index (χ1) is 13.5. The van der Waals surface area contributed by atoms with Gasteiger partial charge in [0.05, 0.1) is 6.10 Å². The van der Waals surface area contributed by atoms with Crippen molar-refractivity contribution in [1.29, 1.82) is 0 Å². The molecule has 0 heterocycles. The first kappa shape index (κ1) is 21.9. The number of carboxylic acids is 1. The molecule has 6 nitrogen and oxygen atoms in total. The molecule has 28 heavy (non-hydrogen) atoms. The maximum atomic E-state index is 12.2. The third-order valence-corrected chi connectivity index (χ3v) is 4.77. The normalized spacial score (nSPS) is 23.5. The Morgan fingerprint density at radius 3 is 2.71 bits per heavy atom. The molecular formula is C22H28O6. The van der Waals surface area contributed by atoms with Gasteiger partial charge in [0.25, 0.3) is 0 Å². The maximum Gasteiger partial charge on any atom is 0.303 e. The van der Waals surface area contributed by atoms with Crippen LogP contribution in [0.1, 0.15) is 32.1 Å². The lowest BCUT2D eigenvalue weighted by molar-refractivity contribution is -0.137. The number of allylic oxidation sites excluding steroid dienone is 2. The van der Waals surface area contributed by atoms with Crippen LogP contribution in [0, 0.1) is 11.8 Å². The van der Waals surface area contributed by atoms with Gasteiger partial charge in [0.1, 0.15) is 24.2 Å². The van der Waals surface area contributed by atoms with E-state index in [1.54, 1.807) is 24.3 Å². The number of ether oxygens (including phenoxy) is 1. The minimum absolute atomic E-state index is 0.00682. The highest BCUT2D eigenvalue weighted by molar-refractivity contribution is 5.84. The number of para-hydroxylation sites is 1. The Hall–Kier alpha value is -2.44. The number of aliphatic carboxylic acids is 1. The predicted molar refractivity (Wildman–Crippen MR) is 105 cm³/mol. The highest BCUT2D eigenvalue weighted by atomic mass is 16.5. The molecule has 0 spiro atoms. The number of hydrogen-bond acceptors (Lipinski definition) is 5. The zero-order chi connectivity index (χ0) is 20.4. The van der Waals surface area contributed by atoms with Crippen LogP contribution < -0.4 is 4.74 Å². The lowest BCUT2D eigenvalue weighted by atomic mass is 9.90. The van der Waals surface area contributed by atoms with E-state index < -0.39 is 18.2 Å². The number of Topliss-reactive ketones (excluding diaryl/α,β-unsaturated/α-hetero) is 1. The zero-order valence-corrected chi connectivity index (χ0v) is 15.8. The first-order valence-corrected chi connectivity index (χ1v) is 9.59. The van der Waals surface area contributed by atoms with Gasteiger partial charge in [-0.1, -0.05) is 42.5 Å². The Kier molecular flexibility index (Phi) is 8.91. The fraction of sp³-hybridized carbons (Fsp3) is 0.455. The van der Waals surface area contributed by atoms with Gasteiger partial charge >= 0.3 is 5.97 Å². The first-order valence-electron chi connectivity index (χ1n) is 9.59. The van der Waals surface area contributed by atoms with Crippen molar-refractivity contribution in [3.05, 3.63) is 54.6 Å². The molecule has 1 aromatic rings. The Labute approximate surface area is 165 Å². The van der Waals surface area contributed by atoms with Gasteiger partial charge in [-0.2, -0.15) is 0 Å². The van der Waals surface area contributed by atoms with Crippen LogP contribution in [0.15, 0.2) is 54.6 Å². The Balaban J connectivity index is 1.82. The summed E-state index contributed by atoms with van der Waals surface area (Å²) >= 11 is 0. The van der Waals surface area contributed by atoms with Crippen LogP contribution in [-0.2, 0) is 9.59 Å². The summed E-state index contributed by atoms with van der Waals surface area (Å²) in [6.07, 6.45) is 7.37. The molecular weight excluding hydrogens is 360 g/mol. The Morgan fingerprint density at radius 2 is 2.00 bits per heavy atom. The summed E-state index contributed by atoms with van der Waals surface area (Å²) in [5.41, 5.74) is 0. The van der Waals surface area contributed by atoms with E-state index in [2.05, 4.69) is 0 Å². The quantitative estimate of drug-likeness (QED) is 0.398. The molecule has 1 saturated carbocycles. The Morgan fingerprint density at radius 1 is 1.25 bits per heavy atom. The summed E-state index contributed by atoms with van der Waals surface area (Å²) in [5.74, 6) is -0.821. The summed E-state index contributed by atoms with van der Waals surface area (Å²) in [6, 6.07) is 9.17. The van der Waals surface area contributed by atoms with E-state index in [-0.39, 0.29) is 37.1 Å². The number of benzene rings is 1. The van der Waals surface area contributed by atoms with E-state index in [9.17, 15) is 19.8 Å². The van der Waals surface area contributed by atoms with E-state index in [1.165, 1.54) is 0 Å². The summed E-state index contributed by atoms with van der Waals surface area (Å²) in [5, 5.41) is 28.9. The second-order valence-electron chi connectivity index (χ2n) is 6.99. The molecule has 6 heteroatoms. The maximum absolute atomic E-state index is 12.2. The number of carbonyl (C=O) groups is 2. The number of hydrogen-bond donors (Lipinski definition) is 3. The summed E-state index contributed by atoms with van der Waals surface area (Å²) in [7, 11) is 0. The van der Waals surface area contributed by atoms with Gasteiger partial charge < -0.3 is 20.1 Å². The van der Waals surface area contributed by atoms with Crippen molar-refractivity contribution in [3.8, 4) is 5.75 Å². The molecule has 1 aromatic carbocycles. The number of carboxylic acid groups (broad SMARTS) is 1. The molecule has 3 N–H and O–H groups in total. The van der Waals surface area contributed by atoms with E-state index in [4.69, 9.17) is 9.84 Å². The van der Waals surface area contributed by atoms with Gasteiger partial charge in [0, 0.05) is 24.7 Å². The molecule has 0 aliphatic heterocycles. The van der Waals surface area contributed by atoms with Crippen LogP contribution >= 0.6 is 0 Å². The van der Waals surface area contributed by atoms with E-state index in [0.29, 0.717) is 25.0 Å². The second-order valence-corrected chi connectivity index (χ2v) is 6.99. The van der Waals surface area contributed by atoms with E-state index in [0.717, 1.165) is 0 Å². The molecule has 0 aromatic heterocycles. The van der Waals surface area contributed by atoms with Gasteiger partial charge in [0.2, 0.25) is 0 Å². The highest BCUT2D eigenvalue weighted by Gasteiger charge is 2.39. The SMILES string of the molecule is O=C(O)CCC/C=C\CC1C(=O)C[C@@H](O)[C@@H]1/C=C/[C@@H](O)COc1ccccc1. The molecule has 0 amide bonds. The molecule has 2 rings (SSSR count). The number of unbranched alkanes of at least 4 members (excludes halogenated alkanes) is 1. The van der Waals surface area contributed by atoms with Gasteiger partial charge in [-0.05, 0) is 31.4 Å². The molecule has 1 aliphatic rings. The van der Waals surface area contributed by atoms with Crippen LogP contribution in [-0.4, -0.2) is 45.9 Å². The lowest BCUT2D eigenvalue weighted by Crippen LogP contribution is -2.20. The standard InChI is InChI=1S/C22H28O6/c23-16(15-28-17-8-4-3-5-9-17)12-13-19-18(20(24)14-21(19)25)10-6-1-2-7-11-22(26)27/h1,3-6,8-9,12-13,16,18-19,21,23,25H,2,7,10-11,14-15H2,(H,26,27)/b6-1-,13-12+/t16-,18?,19-,21-/m1/s1. The molecule has 152 valence electrons. The van der Waals surface area contributed by atoms with Gasteiger partial charge in [-0.25, -0.2) is 0 Å². The number of rotatable bonds is 11. The third kappa shape index (κ3) is 7.29. The fourth-order valence-corrected chi connectivity index (χ4v) is 3.27. The molecule has 0 bridgehead atoms. The van der Waals surface area contributed by atoms with Crippen LogP contribution in [0.3, 0.4) is 0 Å². The van der Waals surface area contributed by atoms with Gasteiger partial charge in [-0.3, -0.25) is 9.59 Å². The van der Waals surface area contributed by atoms with Crippen LogP contribution in [0.2, 0.25) is 0 Å². The number of ketones is 1. The van der Waals surface area contributed by atoms with Crippen LogP contribution in [0.25, 0.3) is 0 Å². The lowest BCUT2D eigenvalue weighted by Gasteiger charge is -2.17. The van der Waals surface area contributed by atoms with Gasteiger partial charge in [0.15, 0.2) is 0 Å². The zero-order valence-electron chi connectivity index (χ0n) is 15.8. The van der Waals surface area contributed by atoms with Crippen molar-refractivity contribution in [2.75, 3.05) is 6.61 Å². The predicted octanol–water partition coefficient (Wildman–Crippen LogP) is 2.75. The Bertz CT molecular complexity index is 682. The second kappa shape index (κ2) is 11.4. The van der Waals surface area contributed by atoms with Crippen molar-refractivity contribution >= 4 is 11.8 Å². The van der Waals surface area contributed by atoms with Crippen molar-refractivity contribution < 1.29 is 29.6 Å². The van der Waals surface area contributed by atoms with Crippen LogP contribution in [0.4, 0.5) is 0 Å². The molecule has 0 radical (unpaired) electrons. The fourth-order valence-electron chi connectivity index (χ4n) is 3.27.